The highest BCUT2D eigenvalue weighted by atomic mass is 16.3. The third-order valence-corrected chi connectivity index (χ3v) is 5.85. The fourth-order valence-electron chi connectivity index (χ4n) is 4.31. The maximum atomic E-state index is 12.2. The van der Waals surface area contributed by atoms with Crippen LogP contribution in [0.25, 0.3) is 11.3 Å². The van der Waals surface area contributed by atoms with E-state index in [4.69, 9.17) is 5.73 Å². The number of amides is 1. The lowest BCUT2D eigenvalue weighted by Crippen LogP contribution is -2.55. The number of allylic oxidation sites excluding steroid dienone is 4. The highest BCUT2D eigenvalue weighted by Crippen LogP contribution is 2.33. The van der Waals surface area contributed by atoms with Gasteiger partial charge in [0, 0.05) is 38.2 Å². The predicted octanol–water partition coefficient (Wildman–Crippen LogP) is 2.99. The average molecular weight is 406 g/mol. The van der Waals surface area contributed by atoms with E-state index in [0.717, 1.165) is 18.5 Å². The number of para-hydroxylation sites is 1. The first-order chi connectivity index (χ1) is 14.5. The summed E-state index contributed by atoms with van der Waals surface area (Å²) in [7, 11) is 0. The van der Waals surface area contributed by atoms with Gasteiger partial charge in [-0.1, -0.05) is 36.4 Å². The Morgan fingerprint density at radius 1 is 1.23 bits per heavy atom. The maximum Gasteiger partial charge on any atom is 0.219 e. The highest BCUT2D eigenvalue weighted by Gasteiger charge is 2.31. The van der Waals surface area contributed by atoms with Crippen LogP contribution in [0.15, 0.2) is 54.6 Å². The number of aromatic nitrogens is 2. The molecule has 30 heavy (non-hydrogen) atoms. The van der Waals surface area contributed by atoms with E-state index in [0.29, 0.717) is 42.6 Å². The van der Waals surface area contributed by atoms with Gasteiger partial charge in [-0.15, -0.1) is 10.2 Å². The van der Waals surface area contributed by atoms with Crippen molar-refractivity contribution in [3.05, 3.63) is 54.6 Å². The van der Waals surface area contributed by atoms with Gasteiger partial charge < -0.3 is 20.6 Å². The molecule has 0 saturated carbocycles. The standard InChI is InChI=1S/C23H27N5O2/c1-16(29)28-12-11-27(15-18(28)13-17-7-3-2-4-8-17)21-14-20(25-26-23(21)24)19-9-5-6-10-22(19)30/h2-7,9-10,14,17-18,30H,8,11-13,15H2,1H3,(H2,24,26). The van der Waals surface area contributed by atoms with E-state index in [1.807, 2.05) is 17.0 Å². The minimum Gasteiger partial charge on any atom is -0.507 e. The molecule has 7 nitrogen and oxygen atoms in total. The second kappa shape index (κ2) is 8.57. The topological polar surface area (TPSA) is 95.6 Å². The summed E-state index contributed by atoms with van der Waals surface area (Å²) in [5.74, 6) is 1.03. The molecule has 1 amide bonds. The van der Waals surface area contributed by atoms with Crippen LogP contribution in [0, 0.1) is 5.92 Å². The van der Waals surface area contributed by atoms with Gasteiger partial charge in [0.2, 0.25) is 5.91 Å². The Balaban J connectivity index is 1.59. The Hall–Kier alpha value is -3.35. The van der Waals surface area contributed by atoms with E-state index in [2.05, 4.69) is 39.4 Å². The van der Waals surface area contributed by atoms with Crippen LogP contribution in [-0.2, 0) is 4.79 Å². The number of aromatic hydroxyl groups is 1. The molecule has 1 aliphatic carbocycles. The summed E-state index contributed by atoms with van der Waals surface area (Å²) in [6.07, 6.45) is 10.4. The summed E-state index contributed by atoms with van der Waals surface area (Å²) in [6.45, 7) is 3.63. The number of phenols is 1. The van der Waals surface area contributed by atoms with Crippen molar-refractivity contribution in [2.45, 2.75) is 25.8 Å². The fourth-order valence-corrected chi connectivity index (χ4v) is 4.31. The minimum atomic E-state index is 0.0959. The van der Waals surface area contributed by atoms with E-state index < -0.39 is 0 Å². The Bertz CT molecular complexity index is 987. The van der Waals surface area contributed by atoms with Gasteiger partial charge in [-0.25, -0.2) is 0 Å². The van der Waals surface area contributed by atoms with Crippen LogP contribution in [0.1, 0.15) is 19.8 Å². The molecule has 2 aliphatic rings. The van der Waals surface area contributed by atoms with Crippen LogP contribution in [0.2, 0.25) is 0 Å². The first kappa shape index (κ1) is 19.9. The van der Waals surface area contributed by atoms with Gasteiger partial charge in [-0.3, -0.25) is 4.79 Å². The summed E-state index contributed by atoms with van der Waals surface area (Å²) in [5, 5.41) is 18.5. The quantitative estimate of drug-likeness (QED) is 0.812. The molecule has 1 saturated heterocycles. The van der Waals surface area contributed by atoms with Crippen LogP contribution in [0.5, 0.6) is 5.75 Å². The Morgan fingerprint density at radius 2 is 2.07 bits per heavy atom. The molecular formula is C23H27N5O2. The number of nitrogens with two attached hydrogens (primary N) is 1. The third-order valence-electron chi connectivity index (χ3n) is 5.85. The maximum absolute atomic E-state index is 12.2. The molecule has 1 aliphatic heterocycles. The predicted molar refractivity (Wildman–Crippen MR) is 118 cm³/mol. The molecule has 156 valence electrons. The van der Waals surface area contributed by atoms with Gasteiger partial charge in [0.05, 0.1) is 11.4 Å². The summed E-state index contributed by atoms with van der Waals surface area (Å²) >= 11 is 0. The monoisotopic (exact) mass is 405 g/mol. The number of piperazine rings is 1. The third kappa shape index (κ3) is 4.15. The van der Waals surface area contributed by atoms with Gasteiger partial charge in [-0.05, 0) is 37.0 Å². The summed E-state index contributed by atoms with van der Waals surface area (Å²) in [4.78, 5) is 16.4. The molecule has 0 radical (unpaired) electrons. The van der Waals surface area contributed by atoms with Crippen molar-refractivity contribution in [1.29, 1.82) is 0 Å². The Morgan fingerprint density at radius 3 is 2.80 bits per heavy atom. The Labute approximate surface area is 176 Å². The molecule has 2 aromatic rings. The molecule has 3 N–H and O–H groups in total. The summed E-state index contributed by atoms with van der Waals surface area (Å²) in [5.41, 5.74) is 8.16. The lowest BCUT2D eigenvalue weighted by atomic mass is 9.91. The van der Waals surface area contributed by atoms with E-state index >= 15 is 0 Å². The lowest BCUT2D eigenvalue weighted by Gasteiger charge is -2.43. The van der Waals surface area contributed by atoms with Crippen molar-refractivity contribution in [2.75, 3.05) is 30.3 Å². The van der Waals surface area contributed by atoms with Crippen LogP contribution in [0.4, 0.5) is 11.5 Å². The van der Waals surface area contributed by atoms with Crippen molar-refractivity contribution in [3.63, 3.8) is 0 Å². The average Bonchev–Trinajstić information content (AvgIpc) is 2.75. The molecule has 7 heteroatoms. The number of hydrogen-bond donors (Lipinski definition) is 2. The summed E-state index contributed by atoms with van der Waals surface area (Å²) in [6, 6.07) is 9.02. The molecule has 0 bridgehead atoms. The summed E-state index contributed by atoms with van der Waals surface area (Å²) < 4.78 is 0. The van der Waals surface area contributed by atoms with Crippen molar-refractivity contribution in [2.24, 2.45) is 5.92 Å². The lowest BCUT2D eigenvalue weighted by molar-refractivity contribution is -0.131. The second-order valence-corrected chi connectivity index (χ2v) is 7.87. The van der Waals surface area contributed by atoms with Gasteiger partial charge in [-0.2, -0.15) is 0 Å². The van der Waals surface area contributed by atoms with Gasteiger partial charge >= 0.3 is 0 Å². The van der Waals surface area contributed by atoms with Crippen LogP contribution in [-0.4, -0.2) is 51.8 Å². The first-order valence-corrected chi connectivity index (χ1v) is 10.3. The van der Waals surface area contributed by atoms with E-state index in [1.54, 1.807) is 25.1 Å². The van der Waals surface area contributed by atoms with Gasteiger partial charge in [0.1, 0.15) is 5.75 Å². The normalized spacial score (nSPS) is 21.1. The molecule has 2 heterocycles. The first-order valence-electron chi connectivity index (χ1n) is 10.3. The van der Waals surface area contributed by atoms with Crippen molar-refractivity contribution >= 4 is 17.4 Å². The molecule has 2 unspecified atom stereocenters. The molecule has 2 atom stereocenters. The number of hydrogen-bond acceptors (Lipinski definition) is 6. The second-order valence-electron chi connectivity index (χ2n) is 7.87. The number of anilines is 2. The molecular weight excluding hydrogens is 378 g/mol. The number of phenolic OH excluding ortho intramolecular Hbond substituents is 1. The van der Waals surface area contributed by atoms with E-state index in [-0.39, 0.29) is 17.7 Å². The zero-order chi connectivity index (χ0) is 21.1. The zero-order valence-electron chi connectivity index (χ0n) is 17.1. The van der Waals surface area contributed by atoms with Crippen LogP contribution < -0.4 is 10.6 Å². The largest absolute Gasteiger partial charge is 0.507 e. The van der Waals surface area contributed by atoms with Crippen LogP contribution in [0.3, 0.4) is 0 Å². The minimum absolute atomic E-state index is 0.0959. The zero-order valence-corrected chi connectivity index (χ0v) is 17.1. The Kier molecular flexibility index (Phi) is 5.70. The SMILES string of the molecule is CC(=O)N1CCN(c2cc(-c3ccccc3O)nnc2N)CC1CC1C=CC=CC1. The number of rotatable bonds is 4. The van der Waals surface area contributed by atoms with Crippen LogP contribution >= 0.6 is 0 Å². The molecule has 4 rings (SSSR count). The van der Waals surface area contributed by atoms with Crippen molar-refractivity contribution < 1.29 is 9.90 Å². The number of carbonyl (C=O) groups is 1. The molecule has 1 aromatic heterocycles. The molecule has 0 spiro atoms. The number of benzene rings is 1. The fraction of sp³-hybridized carbons (Fsp3) is 0.348. The van der Waals surface area contributed by atoms with Crippen molar-refractivity contribution in [1.82, 2.24) is 15.1 Å². The highest BCUT2D eigenvalue weighted by molar-refractivity contribution is 5.76. The van der Waals surface area contributed by atoms with E-state index in [1.165, 1.54) is 0 Å². The van der Waals surface area contributed by atoms with Gasteiger partial charge in [0.25, 0.3) is 0 Å². The smallest absolute Gasteiger partial charge is 0.219 e. The number of nitrogens with zero attached hydrogens (tertiary/aromatic N) is 4. The number of carbonyl (C=O) groups excluding carboxylic acids is 1. The molecule has 1 fully saturated rings. The molecule has 1 aromatic carbocycles. The number of nitrogen functional groups attached to an aromatic ring is 1. The van der Waals surface area contributed by atoms with Gasteiger partial charge in [0.15, 0.2) is 5.82 Å². The van der Waals surface area contributed by atoms with Crippen molar-refractivity contribution in [3.8, 4) is 17.0 Å². The van der Waals surface area contributed by atoms with E-state index in [9.17, 15) is 9.90 Å².